The summed E-state index contributed by atoms with van der Waals surface area (Å²) < 4.78 is 10.3. The second-order valence-corrected chi connectivity index (χ2v) is 21.3. The van der Waals surface area contributed by atoms with Crippen molar-refractivity contribution in [3.63, 3.8) is 0 Å². The lowest BCUT2D eigenvalue weighted by Crippen LogP contribution is -2.18. The fourth-order valence-corrected chi connectivity index (χ4v) is 11.3. The minimum Gasteiger partial charge on any atom is -0.416 e. The predicted molar refractivity (Wildman–Crippen MR) is 354 cm³/mol. The number of aromatic nitrogens is 6. The van der Waals surface area contributed by atoms with Gasteiger partial charge in [0.25, 0.3) is 0 Å². The molecule has 8 nitrogen and oxygen atoms in total. The van der Waals surface area contributed by atoms with Gasteiger partial charge in [-0.2, -0.15) is 0 Å². The van der Waals surface area contributed by atoms with Gasteiger partial charge >= 0.3 is 0 Å². The van der Waals surface area contributed by atoms with Crippen LogP contribution in [0.15, 0.2) is 308 Å². The maximum absolute atomic E-state index is 5.88. The van der Waals surface area contributed by atoms with E-state index in [2.05, 4.69) is 268 Å². The van der Waals surface area contributed by atoms with E-state index < -0.39 is 0 Å². The maximum atomic E-state index is 5.88. The SMILES string of the molecule is CN1c2ccccc2Cc2ccccc21.Cc1ccc(-c2nnc(-c3cccc4ccccc34)o2)cc1.Cc1ccc(-n2c3ccccc3c3ccccc32)cc1.c1ccc(-c2ccc(-c3nnc(-c4ccccc4)n3-c3ccccc3)cc2)cc1. The fraction of sp³-hybridized carbons (Fsp3) is 0.0513. The van der Waals surface area contributed by atoms with E-state index >= 15 is 0 Å². The summed E-state index contributed by atoms with van der Waals surface area (Å²) in [6.07, 6.45) is 1.05. The van der Waals surface area contributed by atoms with Gasteiger partial charge in [0.2, 0.25) is 11.8 Å². The zero-order valence-corrected chi connectivity index (χ0v) is 48.1. The van der Waals surface area contributed by atoms with E-state index in [9.17, 15) is 0 Å². The molecule has 1 aliphatic heterocycles. The van der Waals surface area contributed by atoms with Crippen LogP contribution < -0.4 is 4.90 Å². The molecule has 12 aromatic carbocycles. The van der Waals surface area contributed by atoms with Gasteiger partial charge in [0.15, 0.2) is 11.6 Å². The zero-order chi connectivity index (χ0) is 58.2. The van der Waals surface area contributed by atoms with Gasteiger partial charge in [-0.15, -0.1) is 20.4 Å². The Morgan fingerprint density at radius 3 is 1.34 bits per heavy atom. The van der Waals surface area contributed by atoms with E-state index in [1.807, 2.05) is 91.0 Å². The molecule has 4 heterocycles. The van der Waals surface area contributed by atoms with Crippen molar-refractivity contribution in [1.29, 1.82) is 0 Å². The van der Waals surface area contributed by atoms with Crippen LogP contribution in [0.1, 0.15) is 22.3 Å². The second kappa shape index (κ2) is 24.7. The summed E-state index contributed by atoms with van der Waals surface area (Å²) in [7, 11) is 2.14. The van der Waals surface area contributed by atoms with Gasteiger partial charge in [-0.1, -0.05) is 248 Å². The predicted octanol–water partition coefficient (Wildman–Crippen LogP) is 19.6. The molecule has 0 saturated carbocycles. The number of benzene rings is 12. The Labute approximate surface area is 501 Å². The summed E-state index contributed by atoms with van der Waals surface area (Å²) in [6.45, 7) is 4.18. The first kappa shape index (κ1) is 54.1. The molecule has 86 heavy (non-hydrogen) atoms. The monoisotopic (exact) mass is 1110 g/mol. The van der Waals surface area contributed by atoms with E-state index in [1.165, 1.54) is 72.2 Å². The molecule has 0 radical (unpaired) electrons. The third kappa shape index (κ3) is 11.3. The second-order valence-electron chi connectivity index (χ2n) is 21.3. The molecule has 0 spiro atoms. The van der Waals surface area contributed by atoms with Crippen molar-refractivity contribution in [3.05, 3.63) is 326 Å². The van der Waals surface area contributed by atoms with E-state index in [1.54, 1.807) is 0 Å². The normalized spacial score (nSPS) is 11.4. The average molecular weight is 1110 g/mol. The summed E-state index contributed by atoms with van der Waals surface area (Å²) in [6, 6.07) is 105. The Bertz CT molecular complexity index is 4640. The molecule has 0 aliphatic carbocycles. The molecule has 0 fully saturated rings. The van der Waals surface area contributed by atoms with E-state index in [4.69, 9.17) is 4.42 Å². The summed E-state index contributed by atoms with van der Waals surface area (Å²) in [5.41, 5.74) is 19.1. The molecule has 3 aromatic heterocycles. The quantitative estimate of drug-likeness (QED) is 0.158. The summed E-state index contributed by atoms with van der Waals surface area (Å²) >= 11 is 0. The van der Waals surface area contributed by atoms with Crippen LogP contribution in [0.2, 0.25) is 0 Å². The third-order valence-electron chi connectivity index (χ3n) is 15.7. The highest BCUT2D eigenvalue weighted by Gasteiger charge is 2.20. The lowest BCUT2D eigenvalue weighted by atomic mass is 9.96. The molecule has 0 atom stereocenters. The Balaban J connectivity index is 0.000000109. The van der Waals surface area contributed by atoms with Crippen molar-refractivity contribution in [2.75, 3.05) is 11.9 Å². The van der Waals surface area contributed by atoms with Crippen molar-refractivity contribution in [2.45, 2.75) is 20.3 Å². The maximum Gasteiger partial charge on any atom is 0.248 e. The zero-order valence-electron chi connectivity index (χ0n) is 48.1. The molecular formula is C78H61N7O. The first-order chi connectivity index (χ1) is 42.4. The molecule has 1 aliphatic rings. The molecular weight excluding hydrogens is 1050 g/mol. The Morgan fingerprint density at radius 1 is 0.314 bits per heavy atom. The van der Waals surface area contributed by atoms with Crippen LogP contribution in [0.5, 0.6) is 0 Å². The number of hydrogen-bond acceptors (Lipinski definition) is 6. The van der Waals surface area contributed by atoms with Crippen LogP contribution in [0.25, 0.3) is 101 Å². The highest BCUT2D eigenvalue weighted by Crippen LogP contribution is 2.38. The molecule has 0 unspecified atom stereocenters. The highest BCUT2D eigenvalue weighted by atomic mass is 16.4. The lowest BCUT2D eigenvalue weighted by molar-refractivity contribution is 0.585. The minimum absolute atomic E-state index is 0.544. The number of rotatable bonds is 7. The van der Waals surface area contributed by atoms with Crippen LogP contribution in [0.3, 0.4) is 0 Å². The number of nitrogens with zero attached hydrogens (tertiary/aromatic N) is 7. The van der Waals surface area contributed by atoms with Crippen molar-refractivity contribution >= 4 is 44.0 Å². The number of fused-ring (bicyclic) bond motifs is 6. The van der Waals surface area contributed by atoms with Gasteiger partial charge in [0.05, 0.1) is 11.0 Å². The molecule has 0 saturated heterocycles. The Hall–Kier alpha value is -11.2. The molecule has 15 aromatic rings. The highest BCUT2D eigenvalue weighted by molar-refractivity contribution is 6.09. The lowest BCUT2D eigenvalue weighted by Gasteiger charge is -2.29. The molecule has 8 heteroatoms. The molecule has 0 bridgehead atoms. The summed E-state index contributed by atoms with van der Waals surface area (Å²) in [5, 5.41) is 22.4. The van der Waals surface area contributed by atoms with E-state index in [0.717, 1.165) is 56.8 Å². The van der Waals surface area contributed by atoms with Crippen molar-refractivity contribution in [1.82, 2.24) is 29.5 Å². The number of anilines is 2. The van der Waals surface area contributed by atoms with Crippen LogP contribution in [0.4, 0.5) is 11.4 Å². The molecule has 0 amide bonds. The average Bonchev–Trinajstić information content (AvgIpc) is 3.10. The van der Waals surface area contributed by atoms with Crippen LogP contribution in [-0.4, -0.2) is 36.6 Å². The Morgan fingerprint density at radius 2 is 0.733 bits per heavy atom. The van der Waals surface area contributed by atoms with Crippen molar-refractivity contribution in [2.24, 2.45) is 0 Å². The largest absolute Gasteiger partial charge is 0.416 e. The third-order valence-corrected chi connectivity index (χ3v) is 15.7. The fourth-order valence-electron chi connectivity index (χ4n) is 11.3. The standard InChI is InChI=1S/C26H19N3.C19H14N2O.C19H15N.C14H13N/c1-4-10-20(11-5-1)21-16-18-23(19-17-21)26-28-27-25(22-12-6-2-7-13-22)29(26)24-14-8-3-9-15-24;1-13-9-11-15(12-10-13)18-20-21-19(22-18)17-8-4-6-14-5-2-3-7-16(14)17;1-14-10-12-15(13-11-14)20-18-8-4-2-6-16(18)17-7-3-5-9-19(17)20;1-15-13-8-4-2-6-11(13)10-12-7-3-5-9-14(12)15/h1-19H;2-12H,1H3;2-13H,1H3;2-9H,10H2,1H3. The van der Waals surface area contributed by atoms with Crippen LogP contribution >= 0.6 is 0 Å². The Kier molecular flexibility index (Phi) is 15.5. The van der Waals surface area contributed by atoms with Gasteiger partial charge in [-0.05, 0) is 114 Å². The summed E-state index contributed by atoms with van der Waals surface area (Å²) in [5.74, 6) is 2.75. The van der Waals surface area contributed by atoms with Gasteiger partial charge in [0.1, 0.15) is 0 Å². The molecule has 0 N–H and O–H groups in total. The van der Waals surface area contributed by atoms with E-state index in [0.29, 0.717) is 11.8 Å². The first-order valence-corrected chi connectivity index (χ1v) is 29.0. The van der Waals surface area contributed by atoms with Gasteiger partial charge < -0.3 is 13.9 Å². The minimum atomic E-state index is 0.544. The smallest absolute Gasteiger partial charge is 0.248 e. The van der Waals surface area contributed by atoms with Gasteiger partial charge in [-0.25, -0.2) is 0 Å². The van der Waals surface area contributed by atoms with Crippen LogP contribution in [-0.2, 0) is 6.42 Å². The van der Waals surface area contributed by atoms with Gasteiger partial charge in [0, 0.05) is 69.2 Å². The molecule has 414 valence electrons. The first-order valence-electron chi connectivity index (χ1n) is 29.0. The summed E-state index contributed by atoms with van der Waals surface area (Å²) in [4.78, 5) is 2.27. The van der Waals surface area contributed by atoms with E-state index in [-0.39, 0.29) is 0 Å². The number of hydrogen-bond donors (Lipinski definition) is 0. The number of aryl methyl sites for hydroxylation is 2. The van der Waals surface area contributed by atoms with Gasteiger partial charge in [-0.3, -0.25) is 4.57 Å². The van der Waals surface area contributed by atoms with Crippen molar-refractivity contribution < 1.29 is 4.42 Å². The topological polar surface area (TPSA) is 77.8 Å². The number of para-hydroxylation sites is 5. The molecule has 16 rings (SSSR count). The van der Waals surface area contributed by atoms with Crippen LogP contribution in [0, 0.1) is 13.8 Å². The van der Waals surface area contributed by atoms with Crippen molar-refractivity contribution in [3.8, 4) is 68.2 Å².